The normalized spacial score (nSPS) is 10.9. The Bertz CT molecular complexity index is 1330. The molecule has 0 N–H and O–H groups in total. The Labute approximate surface area is 195 Å². The number of hydrogen-bond donors (Lipinski definition) is 0. The Morgan fingerprint density at radius 2 is 1.85 bits per heavy atom. The minimum atomic E-state index is -0.0353. The van der Waals surface area contributed by atoms with Gasteiger partial charge in [0, 0.05) is 30.9 Å². The topological polar surface area (TPSA) is 68.8 Å². The maximum Gasteiger partial charge on any atom is 0.253 e. The van der Waals surface area contributed by atoms with Crippen LogP contribution in [0.5, 0.6) is 0 Å². The number of carbonyl (C=O) groups is 1. The minimum Gasteiger partial charge on any atom is -0.337 e. The molecule has 0 bridgehead atoms. The van der Waals surface area contributed by atoms with E-state index in [1.165, 1.54) is 6.33 Å². The van der Waals surface area contributed by atoms with Crippen LogP contribution in [0.3, 0.4) is 0 Å². The van der Waals surface area contributed by atoms with E-state index in [-0.39, 0.29) is 5.91 Å². The molecule has 3 heterocycles. The van der Waals surface area contributed by atoms with Gasteiger partial charge in [0.25, 0.3) is 5.91 Å². The van der Waals surface area contributed by atoms with Crippen LogP contribution >= 0.6 is 11.3 Å². The fourth-order valence-corrected chi connectivity index (χ4v) is 4.41. The molecular formula is C25H22N6OS. The number of rotatable bonds is 7. The van der Waals surface area contributed by atoms with E-state index < -0.39 is 0 Å². The quantitative estimate of drug-likeness (QED) is 0.363. The van der Waals surface area contributed by atoms with Crippen molar-refractivity contribution in [1.82, 2.24) is 29.4 Å². The number of amides is 1. The lowest BCUT2D eigenvalue weighted by atomic mass is 10.1. The van der Waals surface area contributed by atoms with Crippen LogP contribution in [-0.4, -0.2) is 42.4 Å². The van der Waals surface area contributed by atoms with Gasteiger partial charge in [0.05, 0.1) is 17.1 Å². The van der Waals surface area contributed by atoms with Crippen LogP contribution in [0, 0.1) is 0 Å². The highest BCUT2D eigenvalue weighted by atomic mass is 32.1. The number of benzene rings is 2. The van der Waals surface area contributed by atoms with Gasteiger partial charge in [-0.05, 0) is 41.3 Å². The molecule has 0 aliphatic carbocycles. The molecule has 0 saturated carbocycles. The highest BCUT2D eigenvalue weighted by Crippen LogP contribution is 2.28. The van der Waals surface area contributed by atoms with Crippen LogP contribution in [0.15, 0.2) is 91.0 Å². The summed E-state index contributed by atoms with van der Waals surface area (Å²) in [5.41, 5.74) is 4.59. The van der Waals surface area contributed by atoms with Crippen molar-refractivity contribution in [2.45, 2.75) is 13.1 Å². The van der Waals surface area contributed by atoms with E-state index in [2.05, 4.69) is 16.1 Å². The Morgan fingerprint density at radius 3 is 2.55 bits per heavy atom. The molecule has 8 heteroatoms. The monoisotopic (exact) mass is 454 g/mol. The molecule has 5 aromatic rings. The van der Waals surface area contributed by atoms with Crippen LogP contribution in [0.25, 0.3) is 16.3 Å². The summed E-state index contributed by atoms with van der Waals surface area (Å²) in [5, 5.41) is 11.0. The Hall–Kier alpha value is -4.04. The van der Waals surface area contributed by atoms with E-state index >= 15 is 0 Å². The van der Waals surface area contributed by atoms with Crippen molar-refractivity contribution in [2.24, 2.45) is 0 Å². The molecule has 0 atom stereocenters. The average Bonchev–Trinajstić information content (AvgIpc) is 3.62. The summed E-state index contributed by atoms with van der Waals surface area (Å²) >= 11 is 1.64. The molecule has 2 aromatic carbocycles. The zero-order valence-electron chi connectivity index (χ0n) is 18.1. The van der Waals surface area contributed by atoms with E-state index in [4.69, 9.17) is 5.10 Å². The first-order valence-electron chi connectivity index (χ1n) is 10.5. The smallest absolute Gasteiger partial charge is 0.253 e. The maximum absolute atomic E-state index is 13.1. The van der Waals surface area contributed by atoms with E-state index in [1.54, 1.807) is 27.2 Å². The van der Waals surface area contributed by atoms with Crippen LogP contribution in [0.4, 0.5) is 0 Å². The van der Waals surface area contributed by atoms with Gasteiger partial charge in [-0.25, -0.2) is 14.3 Å². The van der Waals surface area contributed by atoms with Crippen LogP contribution in [-0.2, 0) is 13.1 Å². The van der Waals surface area contributed by atoms with Crippen molar-refractivity contribution >= 4 is 17.2 Å². The first kappa shape index (κ1) is 20.8. The summed E-state index contributed by atoms with van der Waals surface area (Å²) in [6, 6.07) is 21.7. The number of thiophene rings is 1. The van der Waals surface area contributed by atoms with Gasteiger partial charge in [-0.1, -0.05) is 36.4 Å². The second-order valence-corrected chi connectivity index (χ2v) is 8.66. The second-order valence-electron chi connectivity index (χ2n) is 7.71. The molecule has 0 fully saturated rings. The molecule has 0 aliphatic rings. The number of nitrogens with zero attached hydrogens (tertiary/aromatic N) is 6. The molecule has 1 amide bonds. The lowest BCUT2D eigenvalue weighted by Crippen LogP contribution is -2.26. The zero-order chi connectivity index (χ0) is 22.6. The van der Waals surface area contributed by atoms with Gasteiger partial charge in [0.2, 0.25) is 0 Å². The third-order valence-electron chi connectivity index (χ3n) is 5.33. The predicted octanol–water partition coefficient (Wildman–Crippen LogP) is 4.51. The molecule has 0 aliphatic heterocycles. The van der Waals surface area contributed by atoms with Crippen LogP contribution in [0.2, 0.25) is 0 Å². The molecule has 33 heavy (non-hydrogen) atoms. The average molecular weight is 455 g/mol. The lowest BCUT2D eigenvalue weighted by Gasteiger charge is -2.17. The first-order chi connectivity index (χ1) is 16.2. The van der Waals surface area contributed by atoms with Crippen molar-refractivity contribution in [3.8, 4) is 16.3 Å². The maximum atomic E-state index is 13.1. The fraction of sp³-hybridized carbons (Fsp3) is 0.120. The van der Waals surface area contributed by atoms with Crippen LogP contribution < -0.4 is 0 Å². The molecule has 0 saturated heterocycles. The van der Waals surface area contributed by atoms with Gasteiger partial charge in [-0.15, -0.1) is 11.3 Å². The van der Waals surface area contributed by atoms with E-state index in [1.807, 2.05) is 84.0 Å². The molecule has 0 radical (unpaired) electrons. The van der Waals surface area contributed by atoms with Gasteiger partial charge in [0.1, 0.15) is 18.3 Å². The molecule has 0 unspecified atom stereocenters. The van der Waals surface area contributed by atoms with Crippen molar-refractivity contribution in [3.63, 3.8) is 0 Å². The van der Waals surface area contributed by atoms with Gasteiger partial charge in [0.15, 0.2) is 0 Å². The SMILES string of the molecule is CN(Cc1cn(-c2ccccc2)nc1-c1cccs1)C(=O)c1ccc(Cn2cncn2)cc1. The number of carbonyl (C=O) groups excluding carboxylic acids is 1. The highest BCUT2D eigenvalue weighted by molar-refractivity contribution is 7.13. The third kappa shape index (κ3) is 4.61. The number of hydrogen-bond acceptors (Lipinski definition) is 5. The Balaban J connectivity index is 1.36. The van der Waals surface area contributed by atoms with Gasteiger partial charge in [-0.2, -0.15) is 10.2 Å². The van der Waals surface area contributed by atoms with E-state index in [9.17, 15) is 4.79 Å². The molecule has 3 aromatic heterocycles. The first-order valence-corrected chi connectivity index (χ1v) is 11.4. The molecule has 0 spiro atoms. The summed E-state index contributed by atoms with van der Waals surface area (Å²) in [5.74, 6) is -0.0353. The largest absolute Gasteiger partial charge is 0.337 e. The zero-order valence-corrected chi connectivity index (χ0v) is 18.9. The molecule has 5 rings (SSSR count). The van der Waals surface area contributed by atoms with Gasteiger partial charge >= 0.3 is 0 Å². The minimum absolute atomic E-state index is 0.0353. The Morgan fingerprint density at radius 1 is 1.03 bits per heavy atom. The predicted molar refractivity (Wildman–Crippen MR) is 128 cm³/mol. The van der Waals surface area contributed by atoms with E-state index in [0.717, 1.165) is 27.4 Å². The second kappa shape index (κ2) is 9.22. The summed E-state index contributed by atoms with van der Waals surface area (Å²) < 4.78 is 3.63. The van der Waals surface area contributed by atoms with Crippen molar-refractivity contribution in [1.29, 1.82) is 0 Å². The van der Waals surface area contributed by atoms with Gasteiger partial charge in [-0.3, -0.25) is 4.79 Å². The van der Waals surface area contributed by atoms with Crippen LogP contribution in [0.1, 0.15) is 21.5 Å². The lowest BCUT2D eigenvalue weighted by molar-refractivity contribution is 0.0785. The molecule has 164 valence electrons. The number of aromatic nitrogens is 5. The van der Waals surface area contributed by atoms with Crippen molar-refractivity contribution in [2.75, 3.05) is 7.05 Å². The fourth-order valence-electron chi connectivity index (χ4n) is 3.66. The molecular weight excluding hydrogens is 432 g/mol. The standard InChI is InChI=1S/C25H22N6OS/c1-29(25(32)20-11-9-19(10-12-20)14-30-18-26-17-27-30)15-21-16-31(22-6-3-2-4-7-22)28-24(21)23-8-5-13-33-23/h2-13,16-18H,14-15H2,1H3. The van der Waals surface area contributed by atoms with Crippen molar-refractivity contribution in [3.05, 3.63) is 108 Å². The number of para-hydroxylation sites is 1. The van der Waals surface area contributed by atoms with Gasteiger partial charge < -0.3 is 4.90 Å². The molecule has 7 nitrogen and oxygen atoms in total. The third-order valence-corrected chi connectivity index (χ3v) is 6.21. The highest BCUT2D eigenvalue weighted by Gasteiger charge is 2.18. The summed E-state index contributed by atoms with van der Waals surface area (Å²) in [7, 11) is 1.82. The Kier molecular flexibility index (Phi) is 5.82. The van der Waals surface area contributed by atoms with Crippen molar-refractivity contribution < 1.29 is 4.79 Å². The summed E-state index contributed by atoms with van der Waals surface area (Å²) in [6.45, 7) is 1.08. The summed E-state index contributed by atoms with van der Waals surface area (Å²) in [6.07, 6.45) is 5.19. The summed E-state index contributed by atoms with van der Waals surface area (Å²) in [4.78, 5) is 19.9. The van der Waals surface area contributed by atoms with E-state index in [0.29, 0.717) is 18.7 Å².